The van der Waals surface area contributed by atoms with E-state index in [9.17, 15) is 0 Å². The zero-order chi connectivity index (χ0) is 23.3. The van der Waals surface area contributed by atoms with Gasteiger partial charge in [-0.3, -0.25) is 0 Å². The summed E-state index contributed by atoms with van der Waals surface area (Å²) in [6.45, 7) is 8.78. The number of para-hydroxylation sites is 1. The molecular weight excluding hydrogens is 536 g/mol. The van der Waals surface area contributed by atoms with Crippen LogP contribution in [0.3, 0.4) is 0 Å². The van der Waals surface area contributed by atoms with Crippen molar-refractivity contribution in [3.63, 3.8) is 0 Å². The van der Waals surface area contributed by atoms with Crippen molar-refractivity contribution in [1.82, 2.24) is 0 Å². The average molecular weight is 560 g/mol. The SMILES string of the molecule is Cc1cc(Br)cc(Br)c1N=C1C(=Nc2ccccc2C(C)(C)C)c2cccc3cccc1c23. The van der Waals surface area contributed by atoms with Gasteiger partial charge in [0.05, 0.1) is 22.8 Å². The third kappa shape index (κ3) is 4.00. The summed E-state index contributed by atoms with van der Waals surface area (Å²) in [6, 6.07) is 25.4. The summed E-state index contributed by atoms with van der Waals surface area (Å²) in [6.07, 6.45) is 0. The van der Waals surface area contributed by atoms with Gasteiger partial charge in [-0.15, -0.1) is 0 Å². The molecule has 0 bridgehead atoms. The van der Waals surface area contributed by atoms with Gasteiger partial charge in [-0.1, -0.05) is 91.3 Å². The zero-order valence-electron chi connectivity index (χ0n) is 19.1. The summed E-state index contributed by atoms with van der Waals surface area (Å²) >= 11 is 7.31. The number of rotatable bonds is 2. The minimum atomic E-state index is -0.0131. The molecule has 0 amide bonds. The van der Waals surface area contributed by atoms with Crippen LogP contribution in [0.2, 0.25) is 0 Å². The Morgan fingerprint density at radius 2 is 1.36 bits per heavy atom. The van der Waals surface area contributed by atoms with Crippen molar-refractivity contribution >= 4 is 65.4 Å². The van der Waals surface area contributed by atoms with Crippen LogP contribution in [-0.4, -0.2) is 11.4 Å². The van der Waals surface area contributed by atoms with Gasteiger partial charge in [0.25, 0.3) is 0 Å². The van der Waals surface area contributed by atoms with Gasteiger partial charge >= 0.3 is 0 Å². The van der Waals surface area contributed by atoms with Gasteiger partial charge in [0, 0.05) is 25.5 Å². The molecule has 0 radical (unpaired) electrons. The molecule has 33 heavy (non-hydrogen) atoms. The van der Waals surface area contributed by atoms with Gasteiger partial charge in [0.2, 0.25) is 0 Å². The molecular formula is C29H24Br2N2. The van der Waals surface area contributed by atoms with Gasteiger partial charge in [0.15, 0.2) is 0 Å². The lowest BCUT2D eigenvalue weighted by molar-refractivity contribution is 0.591. The highest BCUT2D eigenvalue weighted by Crippen LogP contribution is 2.39. The van der Waals surface area contributed by atoms with Crippen LogP contribution in [-0.2, 0) is 5.41 Å². The van der Waals surface area contributed by atoms with Crippen LogP contribution in [0.1, 0.15) is 43.0 Å². The second-order valence-electron chi connectivity index (χ2n) is 9.45. The Morgan fingerprint density at radius 1 is 0.727 bits per heavy atom. The molecule has 0 aliphatic heterocycles. The summed E-state index contributed by atoms with van der Waals surface area (Å²) in [5.41, 5.74) is 8.33. The number of nitrogens with zero attached hydrogens (tertiary/aromatic N) is 2. The minimum Gasteiger partial charge on any atom is -0.246 e. The Morgan fingerprint density at radius 3 is 2.00 bits per heavy atom. The Kier molecular flexibility index (Phi) is 5.62. The highest BCUT2D eigenvalue weighted by atomic mass is 79.9. The summed E-state index contributed by atoms with van der Waals surface area (Å²) in [5.74, 6) is 0. The van der Waals surface area contributed by atoms with Crippen LogP contribution in [0, 0.1) is 6.92 Å². The summed E-state index contributed by atoms with van der Waals surface area (Å²) < 4.78 is 1.99. The summed E-state index contributed by atoms with van der Waals surface area (Å²) in [5, 5.41) is 2.43. The standard InChI is InChI=1S/C29H24Br2N2/c1-17-15-19(30)16-23(31)26(17)33-28-21-12-8-10-18-9-7-11-20(25(18)21)27(28)32-24-14-6-5-13-22(24)29(2,3)4/h5-16H,1-4H3. The minimum absolute atomic E-state index is 0.0131. The maximum atomic E-state index is 5.28. The maximum absolute atomic E-state index is 5.28. The molecule has 0 fully saturated rings. The van der Waals surface area contributed by atoms with Crippen molar-refractivity contribution < 1.29 is 0 Å². The van der Waals surface area contributed by atoms with E-state index in [-0.39, 0.29) is 5.41 Å². The fourth-order valence-electron chi connectivity index (χ4n) is 4.49. The largest absolute Gasteiger partial charge is 0.246 e. The first-order chi connectivity index (χ1) is 15.7. The molecule has 4 aromatic carbocycles. The van der Waals surface area contributed by atoms with Crippen LogP contribution >= 0.6 is 31.9 Å². The van der Waals surface area contributed by atoms with Crippen LogP contribution < -0.4 is 0 Å². The van der Waals surface area contributed by atoms with E-state index in [0.29, 0.717) is 0 Å². The van der Waals surface area contributed by atoms with Crippen LogP contribution in [0.5, 0.6) is 0 Å². The van der Waals surface area contributed by atoms with Gasteiger partial charge in [-0.25, -0.2) is 9.98 Å². The third-order valence-electron chi connectivity index (χ3n) is 6.03. The van der Waals surface area contributed by atoms with E-state index in [1.807, 2.05) is 6.07 Å². The Bertz CT molecular complexity index is 1440. The van der Waals surface area contributed by atoms with Gasteiger partial charge < -0.3 is 0 Å². The zero-order valence-corrected chi connectivity index (χ0v) is 22.3. The van der Waals surface area contributed by atoms with Crippen molar-refractivity contribution in [2.24, 2.45) is 9.98 Å². The lowest BCUT2D eigenvalue weighted by Crippen LogP contribution is -2.13. The Labute approximate surface area is 211 Å². The first-order valence-corrected chi connectivity index (χ1v) is 12.6. The average Bonchev–Trinajstić information content (AvgIpc) is 3.05. The quantitative estimate of drug-likeness (QED) is 0.234. The molecule has 2 nitrogen and oxygen atoms in total. The second kappa shape index (κ2) is 8.34. The van der Waals surface area contributed by atoms with E-state index >= 15 is 0 Å². The highest BCUT2D eigenvalue weighted by Gasteiger charge is 2.28. The van der Waals surface area contributed by atoms with E-state index in [2.05, 4.69) is 126 Å². The van der Waals surface area contributed by atoms with E-state index in [0.717, 1.165) is 48.4 Å². The molecule has 0 spiro atoms. The smallest absolute Gasteiger partial charge is 0.0979 e. The van der Waals surface area contributed by atoms with Crippen molar-refractivity contribution in [3.8, 4) is 0 Å². The molecule has 0 N–H and O–H groups in total. The fourth-order valence-corrected chi connectivity index (χ4v) is 6.02. The predicted octanol–water partition coefficient (Wildman–Crippen LogP) is 9.23. The van der Waals surface area contributed by atoms with Gasteiger partial charge in [0.1, 0.15) is 0 Å². The summed E-state index contributed by atoms with van der Waals surface area (Å²) in [7, 11) is 0. The molecule has 4 aromatic rings. The Balaban J connectivity index is 1.82. The van der Waals surface area contributed by atoms with E-state index in [1.54, 1.807) is 0 Å². The lowest BCUT2D eigenvalue weighted by Gasteiger charge is -2.21. The molecule has 0 atom stereocenters. The second-order valence-corrected chi connectivity index (χ2v) is 11.2. The number of hydrogen-bond acceptors (Lipinski definition) is 2. The van der Waals surface area contributed by atoms with E-state index < -0.39 is 0 Å². The first kappa shape index (κ1) is 22.2. The molecule has 0 saturated carbocycles. The van der Waals surface area contributed by atoms with Crippen molar-refractivity contribution in [2.75, 3.05) is 0 Å². The van der Waals surface area contributed by atoms with Crippen LogP contribution in [0.15, 0.2) is 91.7 Å². The Hall–Kier alpha value is -2.56. The normalized spacial score (nSPS) is 15.7. The molecule has 0 heterocycles. The van der Waals surface area contributed by atoms with Gasteiger partial charge in [-0.2, -0.15) is 0 Å². The lowest BCUT2D eigenvalue weighted by atomic mass is 9.86. The highest BCUT2D eigenvalue weighted by molar-refractivity contribution is 9.11. The fraction of sp³-hybridized carbons (Fsp3) is 0.172. The molecule has 164 valence electrons. The topological polar surface area (TPSA) is 24.7 Å². The summed E-state index contributed by atoms with van der Waals surface area (Å²) in [4.78, 5) is 10.5. The van der Waals surface area contributed by atoms with Crippen LogP contribution in [0.4, 0.5) is 11.4 Å². The number of benzene rings is 4. The number of aryl methyl sites for hydroxylation is 1. The van der Waals surface area contributed by atoms with Crippen molar-refractivity contribution in [3.05, 3.63) is 104 Å². The predicted molar refractivity (Wildman–Crippen MR) is 148 cm³/mol. The van der Waals surface area contributed by atoms with Crippen LogP contribution in [0.25, 0.3) is 10.8 Å². The molecule has 1 aliphatic rings. The molecule has 0 unspecified atom stereocenters. The molecule has 4 heteroatoms. The monoisotopic (exact) mass is 558 g/mol. The number of hydrogen-bond donors (Lipinski definition) is 0. The molecule has 0 saturated heterocycles. The first-order valence-electron chi connectivity index (χ1n) is 11.0. The molecule has 0 aromatic heterocycles. The van der Waals surface area contributed by atoms with E-state index in [4.69, 9.17) is 9.98 Å². The van der Waals surface area contributed by atoms with Gasteiger partial charge in [-0.05, 0) is 63.0 Å². The maximum Gasteiger partial charge on any atom is 0.0979 e. The van der Waals surface area contributed by atoms with E-state index in [1.165, 1.54) is 16.3 Å². The van der Waals surface area contributed by atoms with Crippen molar-refractivity contribution in [2.45, 2.75) is 33.1 Å². The van der Waals surface area contributed by atoms with Crippen molar-refractivity contribution in [1.29, 1.82) is 0 Å². The molecule has 5 rings (SSSR count). The number of halogens is 2. The third-order valence-corrected chi connectivity index (χ3v) is 7.09. The molecule has 1 aliphatic carbocycles. The number of aliphatic imine (C=N–C) groups is 2.